The number of likely N-dealkylation sites (tertiary alicyclic amines) is 1. The van der Waals surface area contributed by atoms with Crippen LogP contribution in [-0.2, 0) is 11.3 Å². The van der Waals surface area contributed by atoms with Gasteiger partial charge < -0.3 is 5.11 Å². The molecule has 1 N–H and O–H groups in total. The molecule has 82 valence electrons. The third kappa shape index (κ3) is 2.36. The molecular weight excluding hydrogens is 194 g/mol. The molecule has 2 rings (SSSR count). The number of carboxylic acids is 1. The molecule has 1 fully saturated rings. The Morgan fingerprint density at radius 1 is 1.47 bits per heavy atom. The molecule has 0 amide bonds. The molecule has 1 saturated heterocycles. The Hall–Kier alpha value is -1.36. The van der Waals surface area contributed by atoms with Gasteiger partial charge in [0.2, 0.25) is 0 Å². The molecule has 0 aliphatic carbocycles. The Kier molecular flexibility index (Phi) is 3.01. The van der Waals surface area contributed by atoms with E-state index in [0.717, 1.165) is 25.9 Å². The van der Waals surface area contributed by atoms with Crippen molar-refractivity contribution in [3.63, 3.8) is 0 Å². The molecule has 5 heteroatoms. The number of hydrogen-bond acceptors (Lipinski definition) is 3. The first-order valence-corrected chi connectivity index (χ1v) is 5.21. The van der Waals surface area contributed by atoms with Gasteiger partial charge in [0.15, 0.2) is 0 Å². The number of hydrogen-bond donors (Lipinski definition) is 1. The van der Waals surface area contributed by atoms with Gasteiger partial charge in [-0.15, -0.1) is 0 Å². The average molecular weight is 209 g/mol. The zero-order chi connectivity index (χ0) is 10.7. The van der Waals surface area contributed by atoms with Gasteiger partial charge in [-0.2, -0.15) is 5.10 Å². The maximum Gasteiger partial charge on any atom is 0.322 e. The van der Waals surface area contributed by atoms with Crippen LogP contribution in [0.15, 0.2) is 18.5 Å². The van der Waals surface area contributed by atoms with Crippen LogP contribution in [0.25, 0.3) is 0 Å². The Labute approximate surface area is 88.3 Å². The van der Waals surface area contributed by atoms with Crippen LogP contribution in [0.3, 0.4) is 0 Å². The topological polar surface area (TPSA) is 58.4 Å². The first-order valence-electron chi connectivity index (χ1n) is 5.21. The van der Waals surface area contributed by atoms with E-state index in [4.69, 9.17) is 5.11 Å². The molecular formula is C10H15N3O2. The third-order valence-corrected chi connectivity index (χ3v) is 2.79. The minimum absolute atomic E-state index is 0.433. The summed E-state index contributed by atoms with van der Waals surface area (Å²) in [6.07, 6.45) is 5.67. The summed E-state index contributed by atoms with van der Waals surface area (Å²) in [6, 6.07) is 1.37. The molecule has 1 atom stereocenters. The Balaban J connectivity index is 2.03. The number of carbonyl (C=O) groups is 1. The standard InChI is InChI=1S/C10H15N3O2/c14-10(15)9(12-5-1-2-6-12)8-13-7-3-4-11-13/h3-4,7,9H,1-2,5-6,8H2,(H,14,15). The van der Waals surface area contributed by atoms with Crippen molar-refractivity contribution in [1.29, 1.82) is 0 Å². The van der Waals surface area contributed by atoms with Crippen molar-refractivity contribution >= 4 is 5.97 Å². The molecule has 15 heavy (non-hydrogen) atoms. The van der Waals surface area contributed by atoms with Gasteiger partial charge in [0.05, 0.1) is 6.54 Å². The minimum Gasteiger partial charge on any atom is -0.480 e. The van der Waals surface area contributed by atoms with Crippen molar-refractivity contribution in [2.75, 3.05) is 13.1 Å². The zero-order valence-corrected chi connectivity index (χ0v) is 8.54. The normalized spacial score (nSPS) is 19.2. The van der Waals surface area contributed by atoms with Gasteiger partial charge in [-0.25, -0.2) is 0 Å². The van der Waals surface area contributed by atoms with E-state index in [0.29, 0.717) is 6.54 Å². The third-order valence-electron chi connectivity index (χ3n) is 2.79. The number of nitrogens with zero attached hydrogens (tertiary/aromatic N) is 3. The summed E-state index contributed by atoms with van der Waals surface area (Å²) in [4.78, 5) is 13.1. The van der Waals surface area contributed by atoms with E-state index in [-0.39, 0.29) is 0 Å². The SMILES string of the molecule is O=C(O)C(Cn1cccn1)N1CCCC1. The summed E-state index contributed by atoms with van der Waals surface area (Å²) < 4.78 is 1.68. The van der Waals surface area contributed by atoms with Crippen LogP contribution in [0, 0.1) is 0 Å². The fraction of sp³-hybridized carbons (Fsp3) is 0.600. The Bertz CT molecular complexity index is 317. The molecule has 1 aliphatic heterocycles. The summed E-state index contributed by atoms with van der Waals surface area (Å²) in [5.41, 5.74) is 0. The van der Waals surface area contributed by atoms with Crippen LogP contribution in [0.1, 0.15) is 12.8 Å². The van der Waals surface area contributed by atoms with Gasteiger partial charge in [0.25, 0.3) is 0 Å². The van der Waals surface area contributed by atoms with Gasteiger partial charge in [-0.05, 0) is 32.0 Å². The highest BCUT2D eigenvalue weighted by atomic mass is 16.4. The van der Waals surface area contributed by atoms with E-state index in [1.807, 2.05) is 11.0 Å². The summed E-state index contributed by atoms with van der Waals surface area (Å²) in [5, 5.41) is 13.2. The molecule has 2 heterocycles. The fourth-order valence-corrected chi connectivity index (χ4v) is 1.99. The molecule has 5 nitrogen and oxygen atoms in total. The number of aromatic nitrogens is 2. The lowest BCUT2D eigenvalue weighted by Crippen LogP contribution is -2.42. The van der Waals surface area contributed by atoms with E-state index in [2.05, 4.69) is 5.10 Å². The van der Waals surface area contributed by atoms with Crippen LogP contribution >= 0.6 is 0 Å². The van der Waals surface area contributed by atoms with Gasteiger partial charge >= 0.3 is 5.97 Å². The van der Waals surface area contributed by atoms with Gasteiger partial charge in [0, 0.05) is 12.4 Å². The second-order valence-electron chi connectivity index (χ2n) is 3.83. The lowest BCUT2D eigenvalue weighted by Gasteiger charge is -2.23. The highest BCUT2D eigenvalue weighted by molar-refractivity contribution is 5.73. The van der Waals surface area contributed by atoms with Gasteiger partial charge in [-0.1, -0.05) is 0 Å². The molecule has 1 aromatic heterocycles. The van der Waals surface area contributed by atoms with Crippen LogP contribution in [0.5, 0.6) is 0 Å². The molecule has 0 spiro atoms. The average Bonchev–Trinajstić information content (AvgIpc) is 2.87. The highest BCUT2D eigenvalue weighted by Crippen LogP contribution is 2.13. The molecule has 1 aliphatic rings. The van der Waals surface area contributed by atoms with Crippen molar-refractivity contribution < 1.29 is 9.90 Å². The molecule has 0 saturated carbocycles. The van der Waals surface area contributed by atoms with E-state index in [1.54, 1.807) is 17.1 Å². The first kappa shape index (κ1) is 10.2. The van der Waals surface area contributed by atoms with Gasteiger partial charge in [0.1, 0.15) is 6.04 Å². The Morgan fingerprint density at radius 3 is 2.73 bits per heavy atom. The first-order chi connectivity index (χ1) is 7.27. The number of aliphatic carboxylic acids is 1. The lowest BCUT2D eigenvalue weighted by atomic mass is 10.2. The van der Waals surface area contributed by atoms with Crippen LogP contribution in [0.4, 0.5) is 0 Å². The van der Waals surface area contributed by atoms with Crippen molar-refractivity contribution in [3.8, 4) is 0 Å². The molecule has 0 radical (unpaired) electrons. The van der Waals surface area contributed by atoms with Crippen LogP contribution in [-0.4, -0.2) is 44.9 Å². The second-order valence-corrected chi connectivity index (χ2v) is 3.83. The van der Waals surface area contributed by atoms with Crippen LogP contribution < -0.4 is 0 Å². The van der Waals surface area contributed by atoms with E-state index < -0.39 is 12.0 Å². The molecule has 1 unspecified atom stereocenters. The predicted molar refractivity (Wildman–Crippen MR) is 54.5 cm³/mol. The quantitative estimate of drug-likeness (QED) is 0.781. The predicted octanol–water partition coefficient (Wildman–Crippen LogP) is 0.432. The summed E-state index contributed by atoms with van der Waals surface area (Å²) in [6.45, 7) is 2.21. The van der Waals surface area contributed by atoms with Gasteiger partial charge in [-0.3, -0.25) is 14.4 Å². The largest absolute Gasteiger partial charge is 0.480 e. The lowest BCUT2D eigenvalue weighted by molar-refractivity contribution is -0.143. The van der Waals surface area contributed by atoms with E-state index in [9.17, 15) is 4.79 Å². The molecule has 0 aromatic carbocycles. The minimum atomic E-state index is -0.757. The highest BCUT2D eigenvalue weighted by Gasteiger charge is 2.28. The van der Waals surface area contributed by atoms with Crippen molar-refractivity contribution in [1.82, 2.24) is 14.7 Å². The van der Waals surface area contributed by atoms with Crippen molar-refractivity contribution in [3.05, 3.63) is 18.5 Å². The van der Waals surface area contributed by atoms with Crippen molar-refractivity contribution in [2.45, 2.75) is 25.4 Å². The zero-order valence-electron chi connectivity index (χ0n) is 8.54. The monoisotopic (exact) mass is 209 g/mol. The Morgan fingerprint density at radius 2 is 2.20 bits per heavy atom. The molecule has 1 aromatic rings. The smallest absolute Gasteiger partial charge is 0.322 e. The van der Waals surface area contributed by atoms with Crippen LogP contribution in [0.2, 0.25) is 0 Å². The maximum atomic E-state index is 11.1. The van der Waals surface area contributed by atoms with Crippen molar-refractivity contribution in [2.24, 2.45) is 0 Å². The number of carboxylic acid groups (broad SMARTS) is 1. The maximum absolute atomic E-state index is 11.1. The fourth-order valence-electron chi connectivity index (χ4n) is 1.99. The second kappa shape index (κ2) is 4.44. The number of rotatable bonds is 4. The summed E-state index contributed by atoms with van der Waals surface area (Å²) >= 11 is 0. The van der Waals surface area contributed by atoms with E-state index in [1.165, 1.54) is 0 Å². The summed E-state index contributed by atoms with van der Waals surface area (Å²) in [5.74, 6) is -0.757. The van der Waals surface area contributed by atoms with E-state index >= 15 is 0 Å². The summed E-state index contributed by atoms with van der Waals surface area (Å²) in [7, 11) is 0. The molecule has 0 bridgehead atoms.